The van der Waals surface area contributed by atoms with Crippen molar-refractivity contribution in [3.8, 4) is 11.4 Å². The molecule has 4 aromatic rings. The van der Waals surface area contributed by atoms with Gasteiger partial charge in [-0.15, -0.1) is 0 Å². The first kappa shape index (κ1) is 18.4. The third-order valence-electron chi connectivity index (χ3n) is 4.17. The molecule has 1 amide bonds. The van der Waals surface area contributed by atoms with Gasteiger partial charge < -0.3 is 14.2 Å². The van der Waals surface area contributed by atoms with Crippen LogP contribution in [0.3, 0.4) is 0 Å². The molecule has 0 saturated carbocycles. The molecule has 0 unspecified atom stereocenters. The van der Waals surface area contributed by atoms with Crippen LogP contribution in [0.4, 0.5) is 0 Å². The molecule has 0 N–H and O–H groups in total. The second-order valence-corrected chi connectivity index (χ2v) is 6.32. The summed E-state index contributed by atoms with van der Waals surface area (Å²) in [6.45, 7) is 0.596. The zero-order chi connectivity index (χ0) is 20.1. The van der Waals surface area contributed by atoms with E-state index >= 15 is 0 Å². The smallest absolute Gasteiger partial charge is 0.276 e. The van der Waals surface area contributed by atoms with Crippen molar-refractivity contribution in [1.82, 2.24) is 29.8 Å². The summed E-state index contributed by atoms with van der Waals surface area (Å²) in [6.07, 6.45) is 6.51. The topological polar surface area (TPSA) is 99.2 Å². The maximum atomic E-state index is 12.5. The van der Waals surface area contributed by atoms with Gasteiger partial charge in [0.25, 0.3) is 5.91 Å². The monoisotopic (exact) mass is 390 g/mol. The number of hydrogen-bond acceptors (Lipinski definition) is 7. The number of amides is 1. The molecule has 4 rings (SSSR count). The number of pyridine rings is 1. The van der Waals surface area contributed by atoms with Gasteiger partial charge >= 0.3 is 0 Å². The average molecular weight is 390 g/mol. The van der Waals surface area contributed by atoms with Crippen molar-refractivity contribution in [3.63, 3.8) is 0 Å². The van der Waals surface area contributed by atoms with Crippen LogP contribution < -0.4 is 4.74 Å². The maximum Gasteiger partial charge on any atom is 0.276 e. The average Bonchev–Trinajstić information content (AvgIpc) is 3.45. The van der Waals surface area contributed by atoms with Gasteiger partial charge in [0.15, 0.2) is 11.5 Å². The van der Waals surface area contributed by atoms with Crippen LogP contribution in [-0.2, 0) is 13.2 Å². The lowest BCUT2D eigenvalue weighted by Crippen LogP contribution is -2.26. The van der Waals surface area contributed by atoms with E-state index in [0.29, 0.717) is 18.1 Å². The van der Waals surface area contributed by atoms with E-state index in [9.17, 15) is 4.79 Å². The molecule has 0 aliphatic carbocycles. The maximum absolute atomic E-state index is 12.5. The number of benzene rings is 1. The minimum Gasteiger partial charge on any atom is -0.486 e. The Morgan fingerprint density at radius 2 is 2.07 bits per heavy atom. The van der Waals surface area contributed by atoms with Crippen LogP contribution in [0.1, 0.15) is 21.8 Å². The number of carbonyl (C=O) groups excluding carboxylic acids is 1. The molecule has 0 radical (unpaired) electrons. The highest BCUT2D eigenvalue weighted by Gasteiger charge is 2.17. The molecule has 0 aliphatic heterocycles. The normalized spacial score (nSPS) is 10.7. The summed E-state index contributed by atoms with van der Waals surface area (Å²) in [5, 5.41) is 7.93. The van der Waals surface area contributed by atoms with Crippen LogP contribution in [0.5, 0.6) is 5.75 Å². The van der Waals surface area contributed by atoms with E-state index in [0.717, 1.165) is 11.3 Å². The van der Waals surface area contributed by atoms with Gasteiger partial charge in [-0.1, -0.05) is 11.2 Å². The van der Waals surface area contributed by atoms with E-state index in [-0.39, 0.29) is 18.2 Å². The van der Waals surface area contributed by atoms with Crippen LogP contribution >= 0.6 is 0 Å². The van der Waals surface area contributed by atoms with Crippen molar-refractivity contribution in [2.24, 2.45) is 0 Å². The molecule has 3 heterocycles. The van der Waals surface area contributed by atoms with Crippen molar-refractivity contribution < 1.29 is 14.1 Å². The Labute approximate surface area is 166 Å². The number of ether oxygens (including phenoxy) is 1. The van der Waals surface area contributed by atoms with Gasteiger partial charge in [0, 0.05) is 32.1 Å². The fourth-order valence-corrected chi connectivity index (χ4v) is 2.71. The Bertz CT molecular complexity index is 1060. The van der Waals surface area contributed by atoms with Crippen LogP contribution in [0, 0.1) is 0 Å². The van der Waals surface area contributed by atoms with Crippen molar-refractivity contribution in [1.29, 1.82) is 0 Å². The molecular weight excluding hydrogens is 372 g/mol. The van der Waals surface area contributed by atoms with E-state index in [1.54, 1.807) is 41.4 Å². The standard InChI is InChI=1S/C20H18N6O3/c1-25(11-15-3-2-8-21-10-15)20(27)19-9-18(29-24-19)12-28-17-6-4-16(5-7-17)26-14-22-13-23-26/h2-10,13-14H,11-12H2,1H3. The van der Waals surface area contributed by atoms with Gasteiger partial charge in [-0.3, -0.25) is 9.78 Å². The van der Waals surface area contributed by atoms with Gasteiger partial charge in [0.1, 0.15) is 25.0 Å². The number of carbonyl (C=O) groups is 1. The van der Waals surface area contributed by atoms with Gasteiger partial charge in [-0.2, -0.15) is 5.10 Å². The Balaban J connectivity index is 1.33. The van der Waals surface area contributed by atoms with Crippen LogP contribution in [0.25, 0.3) is 5.69 Å². The molecule has 0 atom stereocenters. The SMILES string of the molecule is CN(Cc1cccnc1)C(=O)c1cc(COc2ccc(-n3cncn3)cc2)on1. The second-order valence-electron chi connectivity index (χ2n) is 6.32. The van der Waals surface area contributed by atoms with Crippen molar-refractivity contribution >= 4 is 5.91 Å². The lowest BCUT2D eigenvalue weighted by molar-refractivity contribution is 0.0774. The second kappa shape index (κ2) is 8.34. The molecule has 0 saturated heterocycles. The number of nitrogens with zero attached hydrogens (tertiary/aromatic N) is 6. The summed E-state index contributed by atoms with van der Waals surface area (Å²) in [5.74, 6) is 0.886. The minimum atomic E-state index is -0.235. The summed E-state index contributed by atoms with van der Waals surface area (Å²) < 4.78 is 12.6. The molecule has 0 spiro atoms. The minimum absolute atomic E-state index is 0.162. The van der Waals surface area contributed by atoms with Gasteiger partial charge in [-0.05, 0) is 35.9 Å². The molecule has 9 heteroatoms. The summed E-state index contributed by atoms with van der Waals surface area (Å²) >= 11 is 0. The predicted octanol–water partition coefficient (Wildman–Crippen LogP) is 2.50. The zero-order valence-electron chi connectivity index (χ0n) is 15.7. The number of rotatable bonds is 7. The lowest BCUT2D eigenvalue weighted by atomic mass is 10.2. The van der Waals surface area contributed by atoms with E-state index in [4.69, 9.17) is 9.26 Å². The Morgan fingerprint density at radius 3 is 2.79 bits per heavy atom. The van der Waals surface area contributed by atoms with Crippen molar-refractivity contribution in [2.75, 3.05) is 7.05 Å². The first-order chi connectivity index (χ1) is 14.2. The molecule has 29 heavy (non-hydrogen) atoms. The third kappa shape index (κ3) is 4.46. The fraction of sp³-hybridized carbons (Fsp3) is 0.150. The highest BCUT2D eigenvalue weighted by molar-refractivity contribution is 5.92. The van der Waals surface area contributed by atoms with Crippen LogP contribution in [-0.4, -0.2) is 42.8 Å². The molecule has 1 aromatic carbocycles. The number of aromatic nitrogens is 5. The summed E-state index contributed by atoms with van der Waals surface area (Å²) in [7, 11) is 1.71. The third-order valence-corrected chi connectivity index (χ3v) is 4.17. The van der Waals surface area contributed by atoms with Crippen LogP contribution in [0.15, 0.2) is 72.0 Å². The number of hydrogen-bond donors (Lipinski definition) is 0. The molecule has 146 valence electrons. The van der Waals surface area contributed by atoms with Gasteiger partial charge in [0.2, 0.25) is 0 Å². The highest BCUT2D eigenvalue weighted by Crippen LogP contribution is 2.17. The highest BCUT2D eigenvalue weighted by atomic mass is 16.5. The first-order valence-corrected chi connectivity index (χ1v) is 8.87. The first-order valence-electron chi connectivity index (χ1n) is 8.87. The van der Waals surface area contributed by atoms with Crippen molar-refractivity contribution in [3.05, 3.63) is 84.5 Å². The van der Waals surface area contributed by atoms with Gasteiger partial charge in [-0.25, -0.2) is 9.67 Å². The lowest BCUT2D eigenvalue weighted by Gasteiger charge is -2.15. The molecule has 0 bridgehead atoms. The van der Waals surface area contributed by atoms with E-state index < -0.39 is 0 Å². The van der Waals surface area contributed by atoms with E-state index in [1.165, 1.54) is 6.33 Å². The molecule has 3 aromatic heterocycles. The summed E-state index contributed by atoms with van der Waals surface area (Å²) in [4.78, 5) is 22.0. The quantitative estimate of drug-likeness (QED) is 0.478. The molecular formula is C20H18N6O3. The molecule has 9 nitrogen and oxygen atoms in total. The Morgan fingerprint density at radius 1 is 1.21 bits per heavy atom. The van der Waals surface area contributed by atoms with E-state index in [2.05, 4.69) is 20.2 Å². The zero-order valence-corrected chi connectivity index (χ0v) is 15.7. The fourth-order valence-electron chi connectivity index (χ4n) is 2.71. The van der Waals surface area contributed by atoms with Crippen LogP contribution in [0.2, 0.25) is 0 Å². The van der Waals surface area contributed by atoms with Crippen molar-refractivity contribution in [2.45, 2.75) is 13.2 Å². The molecule has 0 fully saturated rings. The summed E-state index contributed by atoms with van der Waals surface area (Å²) in [6, 6.07) is 12.7. The van der Waals surface area contributed by atoms with E-state index in [1.807, 2.05) is 36.4 Å². The Kier molecular flexibility index (Phi) is 5.28. The largest absolute Gasteiger partial charge is 0.486 e. The predicted molar refractivity (Wildman–Crippen MR) is 102 cm³/mol. The Hall–Kier alpha value is -4.01. The molecule has 0 aliphatic rings. The van der Waals surface area contributed by atoms with Gasteiger partial charge in [0.05, 0.1) is 5.69 Å². The summed E-state index contributed by atoms with van der Waals surface area (Å²) in [5.41, 5.74) is 2.04.